The fraction of sp³-hybridized carbons (Fsp3) is 0.588. The van der Waals surface area contributed by atoms with E-state index in [0.717, 1.165) is 38.5 Å². The summed E-state index contributed by atoms with van der Waals surface area (Å²) in [7, 11) is 0. The molecule has 0 aliphatic rings. The Morgan fingerprint density at radius 2 is 1.90 bits per heavy atom. The van der Waals surface area contributed by atoms with E-state index in [2.05, 4.69) is 19.9 Å². The molecule has 0 aliphatic carbocycles. The van der Waals surface area contributed by atoms with Crippen LogP contribution < -0.4 is 10.5 Å². The molecule has 1 amide bonds. The van der Waals surface area contributed by atoms with E-state index in [0.29, 0.717) is 5.75 Å². The molecular formula is C17H26NO2. The number of primary amides is 1. The van der Waals surface area contributed by atoms with Crippen LogP contribution in [0.25, 0.3) is 0 Å². The van der Waals surface area contributed by atoms with E-state index in [1.54, 1.807) is 0 Å². The van der Waals surface area contributed by atoms with Crippen LogP contribution >= 0.6 is 0 Å². The Labute approximate surface area is 122 Å². The van der Waals surface area contributed by atoms with E-state index in [4.69, 9.17) is 10.5 Å². The van der Waals surface area contributed by atoms with E-state index >= 15 is 0 Å². The molecule has 20 heavy (non-hydrogen) atoms. The predicted octanol–water partition coefficient (Wildman–Crippen LogP) is 3.86. The van der Waals surface area contributed by atoms with Gasteiger partial charge in [0.2, 0.25) is 5.91 Å². The quantitative estimate of drug-likeness (QED) is 0.705. The highest BCUT2D eigenvalue weighted by Gasteiger charge is 2.33. The van der Waals surface area contributed by atoms with E-state index in [9.17, 15) is 4.79 Å². The molecule has 1 aromatic rings. The number of ether oxygens (including phenoxy) is 1. The third-order valence-corrected chi connectivity index (χ3v) is 3.48. The third-order valence-electron chi connectivity index (χ3n) is 3.48. The van der Waals surface area contributed by atoms with Gasteiger partial charge in [0.25, 0.3) is 0 Å². The molecule has 1 aromatic carbocycles. The number of amides is 1. The molecule has 0 heterocycles. The van der Waals surface area contributed by atoms with Gasteiger partial charge in [0, 0.05) is 6.07 Å². The number of rotatable bonds is 10. The number of hydrogen-bond donors (Lipinski definition) is 1. The van der Waals surface area contributed by atoms with E-state index in [-0.39, 0.29) is 12.3 Å². The molecule has 0 saturated heterocycles. The summed E-state index contributed by atoms with van der Waals surface area (Å²) < 4.78 is 6.16. The molecule has 0 saturated carbocycles. The molecule has 0 aromatic heterocycles. The number of benzene rings is 1. The van der Waals surface area contributed by atoms with E-state index in [1.807, 2.05) is 24.3 Å². The number of nitrogens with two attached hydrogens (primary N) is 1. The fourth-order valence-corrected chi connectivity index (χ4v) is 2.43. The third kappa shape index (κ3) is 5.64. The number of unbranched alkanes of at least 4 members (excludes halogenated alkanes) is 2. The molecule has 0 aliphatic heterocycles. The highest BCUT2D eigenvalue weighted by molar-refractivity contribution is 5.75. The van der Waals surface area contributed by atoms with Gasteiger partial charge in [-0.15, -0.1) is 0 Å². The molecule has 111 valence electrons. The van der Waals surface area contributed by atoms with Crippen molar-refractivity contribution >= 4 is 5.91 Å². The van der Waals surface area contributed by atoms with Crippen LogP contribution in [-0.4, -0.2) is 11.5 Å². The summed E-state index contributed by atoms with van der Waals surface area (Å²) in [5.41, 5.74) is 4.97. The van der Waals surface area contributed by atoms with Crippen molar-refractivity contribution in [3.05, 3.63) is 30.3 Å². The zero-order chi connectivity index (χ0) is 14.8. The maximum atomic E-state index is 11.5. The highest BCUT2D eigenvalue weighted by Crippen LogP contribution is 2.31. The average Bonchev–Trinajstić information content (AvgIpc) is 2.43. The first-order valence-electron chi connectivity index (χ1n) is 7.56. The van der Waals surface area contributed by atoms with Crippen molar-refractivity contribution in [3.8, 4) is 5.75 Å². The highest BCUT2D eigenvalue weighted by atomic mass is 16.5. The normalized spacial score (nSPS) is 11.3. The average molecular weight is 276 g/mol. The summed E-state index contributed by atoms with van der Waals surface area (Å²) >= 11 is 0. The van der Waals surface area contributed by atoms with Crippen molar-refractivity contribution in [3.63, 3.8) is 0 Å². The molecule has 0 fully saturated rings. The second-order valence-electron chi connectivity index (χ2n) is 5.36. The minimum absolute atomic E-state index is 0.274. The minimum Gasteiger partial charge on any atom is -0.486 e. The Kier molecular flexibility index (Phi) is 7.13. The lowest BCUT2D eigenvalue weighted by atomic mass is 9.87. The molecule has 0 spiro atoms. The zero-order valence-electron chi connectivity index (χ0n) is 12.7. The largest absolute Gasteiger partial charge is 0.486 e. The van der Waals surface area contributed by atoms with Crippen LogP contribution in [0.15, 0.2) is 24.3 Å². The SMILES string of the molecule is CCCCC(CCCC)(CC(N)=O)Oc1[c]cccc1. The standard InChI is InChI=1S/C17H26NO2/c1-3-5-12-17(13-6-4-2,14-16(18)19)20-15-10-8-7-9-11-15/h7-10H,3-6,12-14H2,1-2H3,(H2,18,19). The van der Waals surface area contributed by atoms with Crippen LogP contribution in [0.5, 0.6) is 5.75 Å². The van der Waals surface area contributed by atoms with Gasteiger partial charge in [-0.2, -0.15) is 0 Å². The van der Waals surface area contributed by atoms with Gasteiger partial charge in [-0.05, 0) is 31.7 Å². The van der Waals surface area contributed by atoms with Crippen molar-refractivity contribution in [2.75, 3.05) is 0 Å². The van der Waals surface area contributed by atoms with Crippen LogP contribution in [0.1, 0.15) is 58.8 Å². The van der Waals surface area contributed by atoms with Crippen molar-refractivity contribution in [1.82, 2.24) is 0 Å². The summed E-state index contributed by atoms with van der Waals surface area (Å²) in [6.45, 7) is 4.28. The van der Waals surface area contributed by atoms with Gasteiger partial charge in [-0.3, -0.25) is 4.79 Å². The van der Waals surface area contributed by atoms with Crippen molar-refractivity contribution < 1.29 is 9.53 Å². The lowest BCUT2D eigenvalue weighted by molar-refractivity contribution is -0.122. The Morgan fingerprint density at radius 1 is 1.25 bits per heavy atom. The Hall–Kier alpha value is -1.51. The van der Waals surface area contributed by atoms with Crippen LogP contribution in [0.4, 0.5) is 0 Å². The summed E-state index contributed by atoms with van der Waals surface area (Å²) in [6.07, 6.45) is 6.21. The summed E-state index contributed by atoms with van der Waals surface area (Å²) in [6, 6.07) is 10.6. The molecule has 3 nitrogen and oxygen atoms in total. The van der Waals surface area contributed by atoms with Crippen molar-refractivity contribution in [2.45, 2.75) is 64.4 Å². The van der Waals surface area contributed by atoms with Crippen molar-refractivity contribution in [2.24, 2.45) is 5.73 Å². The smallest absolute Gasteiger partial charge is 0.221 e. The van der Waals surface area contributed by atoms with Gasteiger partial charge >= 0.3 is 0 Å². The molecule has 2 N–H and O–H groups in total. The second kappa shape index (κ2) is 8.62. The van der Waals surface area contributed by atoms with E-state index in [1.165, 1.54) is 0 Å². The molecule has 0 unspecified atom stereocenters. The van der Waals surface area contributed by atoms with Gasteiger partial charge in [-0.25, -0.2) is 0 Å². The van der Waals surface area contributed by atoms with E-state index < -0.39 is 5.60 Å². The predicted molar refractivity (Wildman–Crippen MR) is 81.5 cm³/mol. The molecule has 1 rings (SSSR count). The maximum Gasteiger partial charge on any atom is 0.221 e. The lowest BCUT2D eigenvalue weighted by Gasteiger charge is -2.34. The molecule has 1 radical (unpaired) electrons. The number of hydrogen-bond acceptors (Lipinski definition) is 2. The summed E-state index contributed by atoms with van der Waals surface area (Å²) in [5, 5.41) is 0. The van der Waals surface area contributed by atoms with Gasteiger partial charge in [-0.1, -0.05) is 44.9 Å². The molecular weight excluding hydrogens is 250 g/mol. The molecule has 0 bridgehead atoms. The van der Waals surface area contributed by atoms with Gasteiger partial charge in [0.05, 0.1) is 6.42 Å². The van der Waals surface area contributed by atoms with Crippen LogP contribution in [0, 0.1) is 6.07 Å². The Morgan fingerprint density at radius 3 is 2.35 bits per heavy atom. The summed E-state index contributed by atoms with van der Waals surface area (Å²) in [5.74, 6) is 0.397. The zero-order valence-corrected chi connectivity index (χ0v) is 12.7. The molecule has 0 atom stereocenters. The second-order valence-corrected chi connectivity index (χ2v) is 5.36. The molecule has 3 heteroatoms. The lowest BCUT2D eigenvalue weighted by Crippen LogP contribution is -2.40. The summed E-state index contributed by atoms with van der Waals surface area (Å²) in [4.78, 5) is 11.5. The first kappa shape index (κ1) is 16.5. The monoisotopic (exact) mass is 276 g/mol. The Bertz CT molecular complexity index is 381. The van der Waals surface area contributed by atoms with Crippen LogP contribution in [0.3, 0.4) is 0 Å². The number of carbonyl (C=O) groups excluding carboxylic acids is 1. The van der Waals surface area contributed by atoms with Crippen LogP contribution in [0.2, 0.25) is 0 Å². The van der Waals surface area contributed by atoms with Gasteiger partial charge < -0.3 is 10.5 Å². The van der Waals surface area contributed by atoms with Gasteiger partial charge in [0.1, 0.15) is 11.4 Å². The van der Waals surface area contributed by atoms with Crippen LogP contribution in [-0.2, 0) is 4.79 Å². The maximum absolute atomic E-state index is 11.5. The Balaban J connectivity index is 2.90. The number of carbonyl (C=O) groups is 1. The van der Waals surface area contributed by atoms with Crippen molar-refractivity contribution in [1.29, 1.82) is 0 Å². The minimum atomic E-state index is -0.476. The first-order chi connectivity index (χ1) is 9.62. The van der Waals surface area contributed by atoms with Gasteiger partial charge in [0.15, 0.2) is 0 Å². The fourth-order valence-electron chi connectivity index (χ4n) is 2.43. The topological polar surface area (TPSA) is 52.3 Å². The first-order valence-corrected chi connectivity index (χ1v) is 7.56. The number of para-hydroxylation sites is 1.